The second-order valence-electron chi connectivity index (χ2n) is 1.65. The zero-order chi connectivity index (χ0) is 9.70. The Hall–Kier alpha value is -1.23. The van der Waals surface area contributed by atoms with E-state index in [1.165, 1.54) is 4.90 Å². The number of hydrogen-bond donors (Lipinski definition) is 1. The standard InChI is InChI=1S/C3H7NO.C2H7N.CO2.H2O/c1-4(2)3-5;1-3-2;2-1-3;/h3H,1-2H3;3H,1-2H3;;1H2. The summed E-state index contributed by atoms with van der Waals surface area (Å²) in [7, 11) is 7.12. The zero-order valence-electron chi connectivity index (χ0n) is 7.75. The number of nitrogens with zero attached hydrogens (tertiary/aromatic N) is 1. The predicted octanol–water partition coefficient (Wildman–Crippen LogP) is -1.87. The molecule has 74 valence electrons. The Morgan fingerprint density at radius 1 is 1.25 bits per heavy atom. The molecule has 0 aliphatic rings. The lowest BCUT2D eigenvalue weighted by molar-refractivity contribution is -0.191. The molecule has 3 N–H and O–H groups in total. The van der Waals surface area contributed by atoms with Crippen molar-refractivity contribution in [3.63, 3.8) is 0 Å². The van der Waals surface area contributed by atoms with E-state index in [9.17, 15) is 4.79 Å². The van der Waals surface area contributed by atoms with Crippen LogP contribution in [-0.2, 0) is 14.4 Å². The van der Waals surface area contributed by atoms with Gasteiger partial charge in [-0.15, -0.1) is 0 Å². The summed E-state index contributed by atoms with van der Waals surface area (Å²) < 4.78 is 0. The van der Waals surface area contributed by atoms with Gasteiger partial charge in [-0.3, -0.25) is 4.79 Å². The van der Waals surface area contributed by atoms with Gasteiger partial charge in [0.15, 0.2) is 0 Å². The summed E-state index contributed by atoms with van der Waals surface area (Å²) in [5, 5.41) is 2.75. The van der Waals surface area contributed by atoms with Crippen molar-refractivity contribution in [2.75, 3.05) is 28.2 Å². The first-order valence-electron chi connectivity index (χ1n) is 2.80. The molecule has 0 aliphatic carbocycles. The summed E-state index contributed by atoms with van der Waals surface area (Å²) >= 11 is 0. The number of amides is 1. The van der Waals surface area contributed by atoms with Gasteiger partial charge in [0.1, 0.15) is 0 Å². The number of carbonyl (C=O) groups excluding carboxylic acids is 3. The van der Waals surface area contributed by atoms with Crippen molar-refractivity contribution in [2.45, 2.75) is 0 Å². The summed E-state index contributed by atoms with van der Waals surface area (Å²) in [4.78, 5) is 27.1. The van der Waals surface area contributed by atoms with E-state index in [0.29, 0.717) is 0 Å². The van der Waals surface area contributed by atoms with Gasteiger partial charge in [-0.2, -0.15) is 9.59 Å². The van der Waals surface area contributed by atoms with Crippen molar-refractivity contribution < 1.29 is 19.9 Å². The summed E-state index contributed by atoms with van der Waals surface area (Å²) in [5.41, 5.74) is 0. The van der Waals surface area contributed by atoms with E-state index < -0.39 is 0 Å². The highest BCUT2D eigenvalue weighted by atomic mass is 16.2. The summed E-state index contributed by atoms with van der Waals surface area (Å²) in [5.74, 6) is 0. The lowest BCUT2D eigenvalue weighted by atomic mass is 11.0. The van der Waals surface area contributed by atoms with Crippen LogP contribution in [0.1, 0.15) is 0 Å². The van der Waals surface area contributed by atoms with Gasteiger partial charge in [0.2, 0.25) is 6.41 Å². The molecule has 0 rings (SSSR count). The SMILES string of the molecule is CN(C)C=O.CNC.O.O=C=O. The average Bonchev–Trinajstić information content (AvgIpc) is 1.91. The van der Waals surface area contributed by atoms with E-state index >= 15 is 0 Å². The van der Waals surface area contributed by atoms with Crippen LogP contribution in [0.25, 0.3) is 0 Å². The van der Waals surface area contributed by atoms with Gasteiger partial charge in [0, 0.05) is 14.1 Å². The summed E-state index contributed by atoms with van der Waals surface area (Å²) in [6.07, 6.45) is 1.00. The van der Waals surface area contributed by atoms with E-state index in [1.807, 2.05) is 14.1 Å². The smallest absolute Gasteiger partial charge is 0.373 e. The minimum absolute atomic E-state index is 0. The van der Waals surface area contributed by atoms with Crippen LogP contribution < -0.4 is 5.32 Å². The Balaban J connectivity index is -0.0000000406. The number of rotatable bonds is 1. The molecular formula is C6H16N2O4. The van der Waals surface area contributed by atoms with Gasteiger partial charge in [-0.25, -0.2) is 0 Å². The fourth-order valence-corrected chi connectivity index (χ4v) is 0. The van der Waals surface area contributed by atoms with Crippen molar-refractivity contribution in [1.82, 2.24) is 10.2 Å². The third-order valence-corrected chi connectivity index (χ3v) is 0.211. The monoisotopic (exact) mass is 180 g/mol. The van der Waals surface area contributed by atoms with E-state index in [0.717, 1.165) is 6.41 Å². The minimum atomic E-state index is 0. The second kappa shape index (κ2) is 33.0. The Kier molecular flexibility index (Phi) is 61.7. The van der Waals surface area contributed by atoms with Gasteiger partial charge in [-0.05, 0) is 14.1 Å². The normalized spacial score (nSPS) is 5.00. The highest BCUT2D eigenvalue weighted by molar-refractivity contribution is 5.45. The molecule has 1 amide bonds. The van der Waals surface area contributed by atoms with Crippen LogP contribution in [-0.4, -0.2) is 51.1 Å². The topological polar surface area (TPSA) is 98.0 Å². The molecule has 0 fully saturated rings. The average molecular weight is 180 g/mol. The first kappa shape index (κ1) is 22.4. The molecule has 12 heavy (non-hydrogen) atoms. The fraction of sp³-hybridized carbons (Fsp3) is 0.667. The first-order valence-corrected chi connectivity index (χ1v) is 2.80. The number of nitrogens with one attached hydrogen (secondary N) is 1. The molecule has 0 unspecified atom stereocenters. The maximum absolute atomic E-state index is 9.43. The van der Waals surface area contributed by atoms with Crippen molar-refractivity contribution >= 4 is 12.6 Å². The third kappa shape index (κ3) is 893. The fourth-order valence-electron chi connectivity index (χ4n) is 0. The van der Waals surface area contributed by atoms with Crippen LogP contribution in [0.5, 0.6) is 0 Å². The van der Waals surface area contributed by atoms with Gasteiger partial charge in [0.25, 0.3) is 0 Å². The van der Waals surface area contributed by atoms with E-state index in [1.54, 1.807) is 14.1 Å². The molecule has 0 aromatic heterocycles. The van der Waals surface area contributed by atoms with Crippen LogP contribution in [0, 0.1) is 0 Å². The second-order valence-corrected chi connectivity index (χ2v) is 1.65. The Morgan fingerprint density at radius 2 is 1.33 bits per heavy atom. The maximum Gasteiger partial charge on any atom is 0.373 e. The molecule has 0 aromatic rings. The molecule has 6 heteroatoms. The first-order chi connectivity index (χ1) is 5.10. The van der Waals surface area contributed by atoms with Crippen LogP contribution in [0.3, 0.4) is 0 Å². The van der Waals surface area contributed by atoms with E-state index in [2.05, 4.69) is 5.32 Å². The molecule has 0 heterocycles. The van der Waals surface area contributed by atoms with Crippen molar-refractivity contribution in [2.24, 2.45) is 0 Å². The van der Waals surface area contributed by atoms with E-state index in [4.69, 9.17) is 9.59 Å². The highest BCUT2D eigenvalue weighted by Gasteiger charge is 1.68. The van der Waals surface area contributed by atoms with Gasteiger partial charge in [-0.1, -0.05) is 0 Å². The Labute approximate surface area is 71.9 Å². The predicted molar refractivity (Wildman–Crippen MR) is 43.4 cm³/mol. The van der Waals surface area contributed by atoms with Crippen molar-refractivity contribution in [3.8, 4) is 0 Å². The summed E-state index contributed by atoms with van der Waals surface area (Å²) in [6.45, 7) is 0. The van der Waals surface area contributed by atoms with Crippen molar-refractivity contribution in [1.29, 1.82) is 0 Å². The molecule has 0 bridgehead atoms. The summed E-state index contributed by atoms with van der Waals surface area (Å²) in [6, 6.07) is 0. The molecule has 0 atom stereocenters. The molecule has 0 spiro atoms. The zero-order valence-corrected chi connectivity index (χ0v) is 7.75. The van der Waals surface area contributed by atoms with E-state index in [-0.39, 0.29) is 11.6 Å². The molecule has 0 aromatic carbocycles. The Morgan fingerprint density at radius 3 is 1.33 bits per heavy atom. The molecule has 6 nitrogen and oxygen atoms in total. The van der Waals surface area contributed by atoms with Crippen molar-refractivity contribution in [3.05, 3.63) is 0 Å². The minimum Gasteiger partial charge on any atom is -0.412 e. The van der Waals surface area contributed by atoms with Crippen LogP contribution in [0.2, 0.25) is 0 Å². The molecule has 0 aliphatic heterocycles. The number of carbonyl (C=O) groups is 1. The molecular weight excluding hydrogens is 164 g/mol. The largest absolute Gasteiger partial charge is 0.412 e. The van der Waals surface area contributed by atoms with Crippen LogP contribution in [0.15, 0.2) is 0 Å². The third-order valence-electron chi connectivity index (χ3n) is 0.211. The van der Waals surface area contributed by atoms with Gasteiger partial charge >= 0.3 is 6.15 Å². The highest BCUT2D eigenvalue weighted by Crippen LogP contribution is 1.52. The van der Waals surface area contributed by atoms with Gasteiger partial charge in [0.05, 0.1) is 0 Å². The molecule has 0 saturated heterocycles. The number of hydrogen-bond acceptors (Lipinski definition) is 4. The Bertz CT molecular complexity index is 99.7. The lowest BCUT2D eigenvalue weighted by Gasteiger charge is -1.93. The van der Waals surface area contributed by atoms with Crippen LogP contribution >= 0.6 is 0 Å². The maximum atomic E-state index is 9.43. The molecule has 0 radical (unpaired) electrons. The molecule has 0 saturated carbocycles. The lowest BCUT2D eigenvalue weighted by Crippen LogP contribution is -2.06. The van der Waals surface area contributed by atoms with Crippen LogP contribution in [0.4, 0.5) is 0 Å². The quantitative estimate of drug-likeness (QED) is 0.478. The van der Waals surface area contributed by atoms with Gasteiger partial charge < -0.3 is 15.7 Å².